The Labute approximate surface area is 119 Å². The van der Waals surface area contributed by atoms with Crippen LogP contribution in [0.25, 0.3) is 0 Å². The van der Waals surface area contributed by atoms with Gasteiger partial charge in [-0.1, -0.05) is 0 Å². The molecular weight excluding hydrogens is 283 g/mol. The normalized spacial score (nSPS) is 10.2. The van der Waals surface area contributed by atoms with Crippen molar-refractivity contribution >= 4 is 28.1 Å². The average Bonchev–Trinajstić information content (AvgIpc) is 2.88. The van der Waals surface area contributed by atoms with E-state index in [4.69, 9.17) is 4.74 Å². The predicted molar refractivity (Wildman–Crippen MR) is 74.1 cm³/mol. The number of carbonyl (C=O) groups excluding carboxylic acids is 1. The van der Waals surface area contributed by atoms with E-state index in [1.54, 1.807) is 11.4 Å². The number of ether oxygens (including phenoxy) is 2. The van der Waals surface area contributed by atoms with Crippen molar-refractivity contribution in [1.82, 2.24) is 4.98 Å². The molecular formula is C13H13FN2O3S. The first kappa shape index (κ1) is 14.3. The van der Waals surface area contributed by atoms with E-state index in [1.165, 1.54) is 37.7 Å². The zero-order chi connectivity index (χ0) is 14.5. The van der Waals surface area contributed by atoms with Crippen molar-refractivity contribution in [3.63, 3.8) is 0 Å². The molecule has 1 aromatic carbocycles. The molecule has 0 atom stereocenters. The van der Waals surface area contributed by atoms with Crippen LogP contribution in [-0.2, 0) is 16.0 Å². The molecule has 106 valence electrons. The van der Waals surface area contributed by atoms with Crippen LogP contribution in [0.2, 0.25) is 0 Å². The number of hydrogen-bond acceptors (Lipinski definition) is 6. The molecule has 1 aromatic heterocycles. The molecule has 0 saturated carbocycles. The van der Waals surface area contributed by atoms with Crippen LogP contribution in [0.5, 0.6) is 5.75 Å². The van der Waals surface area contributed by atoms with Gasteiger partial charge in [0.15, 0.2) is 16.7 Å². The van der Waals surface area contributed by atoms with E-state index in [0.717, 1.165) is 0 Å². The van der Waals surface area contributed by atoms with Crippen LogP contribution in [0, 0.1) is 5.82 Å². The Morgan fingerprint density at radius 2 is 2.25 bits per heavy atom. The molecule has 0 aliphatic carbocycles. The summed E-state index contributed by atoms with van der Waals surface area (Å²) in [5.74, 6) is -0.616. The van der Waals surface area contributed by atoms with Gasteiger partial charge in [0.1, 0.15) is 0 Å². The van der Waals surface area contributed by atoms with E-state index in [-0.39, 0.29) is 18.1 Å². The molecule has 0 bridgehead atoms. The third-order valence-electron chi connectivity index (χ3n) is 2.51. The summed E-state index contributed by atoms with van der Waals surface area (Å²) in [6.45, 7) is 0. The molecule has 0 saturated heterocycles. The van der Waals surface area contributed by atoms with Gasteiger partial charge in [-0.25, -0.2) is 9.37 Å². The van der Waals surface area contributed by atoms with Gasteiger partial charge in [-0.2, -0.15) is 0 Å². The molecule has 2 rings (SSSR count). The summed E-state index contributed by atoms with van der Waals surface area (Å²) >= 11 is 1.35. The number of aromatic nitrogens is 1. The number of halogens is 1. The summed E-state index contributed by atoms with van der Waals surface area (Å²) < 4.78 is 22.8. The molecule has 5 nitrogen and oxygen atoms in total. The fourth-order valence-corrected chi connectivity index (χ4v) is 2.26. The maximum Gasteiger partial charge on any atom is 0.311 e. The first-order chi connectivity index (χ1) is 9.62. The zero-order valence-corrected chi connectivity index (χ0v) is 11.8. The topological polar surface area (TPSA) is 60.5 Å². The fraction of sp³-hybridized carbons (Fsp3) is 0.231. The fourth-order valence-electron chi connectivity index (χ4n) is 1.53. The van der Waals surface area contributed by atoms with E-state index in [2.05, 4.69) is 15.0 Å². The highest BCUT2D eigenvalue weighted by Gasteiger charge is 2.09. The number of carbonyl (C=O) groups is 1. The highest BCUT2D eigenvalue weighted by atomic mass is 32.1. The van der Waals surface area contributed by atoms with Crippen molar-refractivity contribution in [3.8, 4) is 5.75 Å². The maximum atomic E-state index is 13.3. The SMILES string of the molecule is COC(=O)Cc1csc(Nc2ccc(F)c(OC)c2)n1. The van der Waals surface area contributed by atoms with Gasteiger partial charge in [-0.05, 0) is 12.1 Å². The number of methoxy groups -OCH3 is 2. The molecule has 7 heteroatoms. The van der Waals surface area contributed by atoms with Crippen molar-refractivity contribution in [1.29, 1.82) is 0 Å². The van der Waals surface area contributed by atoms with Crippen molar-refractivity contribution in [2.24, 2.45) is 0 Å². The zero-order valence-electron chi connectivity index (χ0n) is 11.0. The minimum Gasteiger partial charge on any atom is -0.494 e. The third kappa shape index (κ3) is 3.45. The Kier molecular flexibility index (Phi) is 4.52. The summed E-state index contributed by atoms with van der Waals surface area (Å²) in [7, 11) is 2.73. The number of benzene rings is 1. The number of hydrogen-bond donors (Lipinski definition) is 1. The van der Waals surface area contributed by atoms with Gasteiger partial charge < -0.3 is 14.8 Å². The Balaban J connectivity index is 2.08. The van der Waals surface area contributed by atoms with E-state index in [1.807, 2.05) is 0 Å². The summed E-state index contributed by atoms with van der Waals surface area (Å²) in [4.78, 5) is 15.4. The van der Waals surface area contributed by atoms with E-state index < -0.39 is 5.82 Å². The second-order valence-electron chi connectivity index (χ2n) is 3.87. The predicted octanol–water partition coefficient (Wildman–Crippen LogP) is 2.75. The minimum atomic E-state index is -0.427. The van der Waals surface area contributed by atoms with Crippen LogP contribution in [0.15, 0.2) is 23.6 Å². The van der Waals surface area contributed by atoms with Crippen LogP contribution < -0.4 is 10.1 Å². The van der Waals surface area contributed by atoms with Crippen LogP contribution in [-0.4, -0.2) is 25.2 Å². The standard InChI is InChI=1S/C13H13FN2O3S/c1-18-11-5-8(3-4-10(11)14)15-13-16-9(7-20-13)6-12(17)19-2/h3-5,7H,6H2,1-2H3,(H,15,16). The van der Waals surface area contributed by atoms with Crippen LogP contribution >= 0.6 is 11.3 Å². The highest BCUT2D eigenvalue weighted by Crippen LogP contribution is 2.26. The van der Waals surface area contributed by atoms with Gasteiger partial charge in [0, 0.05) is 17.1 Å². The summed E-state index contributed by atoms with van der Waals surface area (Å²) in [6, 6.07) is 4.43. The monoisotopic (exact) mass is 296 g/mol. The van der Waals surface area contributed by atoms with E-state index >= 15 is 0 Å². The Hall–Kier alpha value is -2.15. The second kappa shape index (κ2) is 6.33. The second-order valence-corrected chi connectivity index (χ2v) is 4.73. The van der Waals surface area contributed by atoms with Crippen molar-refractivity contribution in [2.75, 3.05) is 19.5 Å². The molecule has 0 unspecified atom stereocenters. The lowest BCUT2D eigenvalue weighted by molar-refractivity contribution is -0.139. The van der Waals surface area contributed by atoms with Gasteiger partial charge >= 0.3 is 5.97 Å². The molecule has 0 aliphatic rings. The van der Waals surface area contributed by atoms with Gasteiger partial charge in [-0.15, -0.1) is 11.3 Å². The highest BCUT2D eigenvalue weighted by molar-refractivity contribution is 7.13. The molecule has 1 N–H and O–H groups in total. The van der Waals surface area contributed by atoms with Crippen molar-refractivity contribution < 1.29 is 18.7 Å². The quantitative estimate of drug-likeness (QED) is 0.860. The minimum absolute atomic E-state index is 0.126. The largest absolute Gasteiger partial charge is 0.494 e. The maximum absolute atomic E-state index is 13.3. The van der Waals surface area contributed by atoms with Gasteiger partial charge in [0.05, 0.1) is 26.3 Å². The lowest BCUT2D eigenvalue weighted by Crippen LogP contribution is -2.04. The summed E-state index contributed by atoms with van der Waals surface area (Å²) in [6.07, 6.45) is 0.126. The van der Waals surface area contributed by atoms with Crippen molar-refractivity contribution in [2.45, 2.75) is 6.42 Å². The van der Waals surface area contributed by atoms with Gasteiger partial charge in [0.2, 0.25) is 0 Å². The lowest BCUT2D eigenvalue weighted by atomic mass is 10.3. The molecule has 1 heterocycles. The smallest absolute Gasteiger partial charge is 0.311 e. The number of esters is 1. The Morgan fingerprint density at radius 3 is 2.95 bits per heavy atom. The first-order valence-electron chi connectivity index (χ1n) is 5.74. The summed E-state index contributed by atoms with van der Waals surface area (Å²) in [5.41, 5.74) is 1.28. The van der Waals surface area contributed by atoms with E-state index in [0.29, 0.717) is 16.5 Å². The number of nitrogens with one attached hydrogen (secondary N) is 1. The third-order valence-corrected chi connectivity index (χ3v) is 3.31. The Morgan fingerprint density at radius 1 is 1.45 bits per heavy atom. The van der Waals surface area contributed by atoms with E-state index in [9.17, 15) is 9.18 Å². The molecule has 0 radical (unpaired) electrons. The molecule has 0 spiro atoms. The molecule has 20 heavy (non-hydrogen) atoms. The Bertz CT molecular complexity index is 615. The van der Waals surface area contributed by atoms with Crippen LogP contribution in [0.3, 0.4) is 0 Å². The molecule has 0 fully saturated rings. The first-order valence-corrected chi connectivity index (χ1v) is 6.62. The van der Waals surface area contributed by atoms with Gasteiger partial charge in [-0.3, -0.25) is 4.79 Å². The number of rotatable bonds is 5. The molecule has 0 amide bonds. The molecule has 2 aromatic rings. The van der Waals surface area contributed by atoms with Crippen LogP contribution in [0.4, 0.5) is 15.2 Å². The van der Waals surface area contributed by atoms with Crippen LogP contribution in [0.1, 0.15) is 5.69 Å². The number of nitrogens with zero attached hydrogens (tertiary/aromatic N) is 1. The molecule has 0 aliphatic heterocycles. The van der Waals surface area contributed by atoms with Gasteiger partial charge in [0.25, 0.3) is 0 Å². The summed E-state index contributed by atoms with van der Waals surface area (Å²) in [5, 5.41) is 5.40. The average molecular weight is 296 g/mol. The van der Waals surface area contributed by atoms with Crippen molar-refractivity contribution in [3.05, 3.63) is 35.1 Å². The number of anilines is 2. The number of thiazole rings is 1. The lowest BCUT2D eigenvalue weighted by Gasteiger charge is -2.06.